The third-order valence-corrected chi connectivity index (χ3v) is 8.57. The van der Waals surface area contributed by atoms with E-state index in [-0.39, 0.29) is 12.0 Å². The van der Waals surface area contributed by atoms with Crippen LogP contribution in [0.15, 0.2) is 12.3 Å². The monoisotopic (exact) mass is 512 g/mol. The maximum atomic E-state index is 10.7. The standard InChI is InChI=1S/C25H32N6O4S/c1-12-17(23-30-19-16(36-23)5-6-26-18(19)13-3-4-13)22(29-15-7-14(8-32)20(33)21(15)34)31-24(28-12)27-9-25(2)10-35-11-25/h5-6,13-15,20-21,32-34H,3-4,7-11H2,1-2H3,(H2,27,28,29,31)/t14-,15-,20-,21+/m1/s1. The number of nitrogens with one attached hydrogen (secondary N) is 2. The van der Waals surface area contributed by atoms with E-state index in [4.69, 9.17) is 19.7 Å². The van der Waals surface area contributed by atoms with E-state index in [0.717, 1.165) is 45.0 Å². The number of aryl methyl sites for hydroxylation is 1. The number of ether oxygens (including phenoxy) is 1. The molecule has 0 spiro atoms. The molecule has 2 aliphatic carbocycles. The molecule has 5 N–H and O–H groups in total. The third kappa shape index (κ3) is 4.32. The van der Waals surface area contributed by atoms with Crippen molar-refractivity contribution in [3.8, 4) is 10.6 Å². The van der Waals surface area contributed by atoms with Crippen LogP contribution < -0.4 is 10.6 Å². The second kappa shape index (κ2) is 9.14. The fourth-order valence-electron chi connectivity index (χ4n) is 5.12. The molecule has 1 aliphatic heterocycles. The average molecular weight is 513 g/mol. The van der Waals surface area contributed by atoms with E-state index < -0.39 is 24.2 Å². The van der Waals surface area contributed by atoms with E-state index in [1.807, 2.05) is 19.2 Å². The smallest absolute Gasteiger partial charge is 0.224 e. The number of nitrogens with zero attached hydrogens (tertiary/aromatic N) is 4. The number of aromatic nitrogens is 4. The third-order valence-electron chi connectivity index (χ3n) is 7.54. The Morgan fingerprint density at radius 3 is 2.64 bits per heavy atom. The Morgan fingerprint density at radius 1 is 1.17 bits per heavy atom. The van der Waals surface area contributed by atoms with Crippen LogP contribution in [0.1, 0.15) is 43.5 Å². The second-order valence-corrected chi connectivity index (χ2v) is 11.8. The molecule has 0 aromatic carbocycles. The average Bonchev–Trinajstić information content (AvgIpc) is 3.54. The van der Waals surface area contributed by atoms with Gasteiger partial charge in [0.15, 0.2) is 0 Å². The van der Waals surface area contributed by atoms with Crippen LogP contribution in [0.3, 0.4) is 0 Å². The Balaban J connectivity index is 1.38. The van der Waals surface area contributed by atoms with Crippen molar-refractivity contribution >= 4 is 33.3 Å². The molecule has 0 radical (unpaired) electrons. The molecule has 0 bridgehead atoms. The van der Waals surface area contributed by atoms with E-state index >= 15 is 0 Å². The largest absolute Gasteiger partial charge is 0.396 e. The number of rotatable bonds is 8. The minimum Gasteiger partial charge on any atom is -0.396 e. The van der Waals surface area contributed by atoms with Gasteiger partial charge in [-0.2, -0.15) is 4.98 Å². The van der Waals surface area contributed by atoms with Crippen molar-refractivity contribution < 1.29 is 20.1 Å². The highest BCUT2D eigenvalue weighted by Gasteiger charge is 2.42. The lowest BCUT2D eigenvalue weighted by Gasteiger charge is -2.38. The highest BCUT2D eigenvalue weighted by molar-refractivity contribution is 7.21. The van der Waals surface area contributed by atoms with Gasteiger partial charge < -0.3 is 30.7 Å². The molecule has 0 unspecified atom stereocenters. The summed E-state index contributed by atoms with van der Waals surface area (Å²) in [6.07, 6.45) is 2.55. The molecule has 2 saturated carbocycles. The zero-order valence-electron chi connectivity index (χ0n) is 20.4. The van der Waals surface area contributed by atoms with Crippen LogP contribution in [0.4, 0.5) is 11.8 Å². The van der Waals surface area contributed by atoms with Crippen molar-refractivity contribution in [2.45, 2.75) is 57.3 Å². The normalized spacial score (nSPS) is 27.2. The molecule has 10 nitrogen and oxygen atoms in total. The fourth-order valence-corrected chi connectivity index (χ4v) is 6.19. The predicted molar refractivity (Wildman–Crippen MR) is 137 cm³/mol. The van der Waals surface area contributed by atoms with Gasteiger partial charge in [0.1, 0.15) is 22.4 Å². The summed E-state index contributed by atoms with van der Waals surface area (Å²) in [5.74, 6) is 1.12. The number of anilines is 2. The van der Waals surface area contributed by atoms with Gasteiger partial charge in [0.25, 0.3) is 0 Å². The molecule has 6 rings (SSSR count). The van der Waals surface area contributed by atoms with Gasteiger partial charge in [-0.3, -0.25) is 4.98 Å². The molecule has 11 heteroatoms. The quantitative estimate of drug-likeness (QED) is 0.305. The number of aliphatic hydroxyl groups is 3. The first-order valence-corrected chi connectivity index (χ1v) is 13.4. The highest BCUT2D eigenvalue weighted by Crippen LogP contribution is 2.44. The molecule has 3 aliphatic rings. The molecule has 1 saturated heterocycles. The van der Waals surface area contributed by atoms with Gasteiger partial charge in [-0.25, -0.2) is 9.97 Å². The van der Waals surface area contributed by atoms with Crippen molar-refractivity contribution in [2.75, 3.05) is 37.0 Å². The summed E-state index contributed by atoms with van der Waals surface area (Å²) < 4.78 is 6.44. The molecule has 192 valence electrons. The Kier molecular flexibility index (Phi) is 6.08. The summed E-state index contributed by atoms with van der Waals surface area (Å²) in [6.45, 7) is 5.97. The molecule has 0 amide bonds. The molecular formula is C25H32N6O4S. The summed E-state index contributed by atoms with van der Waals surface area (Å²) in [5.41, 5.74) is 3.57. The summed E-state index contributed by atoms with van der Waals surface area (Å²) in [6, 6.07) is 1.53. The number of pyridine rings is 1. The van der Waals surface area contributed by atoms with Crippen LogP contribution in [0.2, 0.25) is 0 Å². The SMILES string of the molecule is Cc1nc(NCC2(C)COC2)nc(N[C@@H]2C[C@H](CO)[C@@H](O)[C@H]2O)c1-c1nc2c(C3CC3)nccc2s1. The molecule has 36 heavy (non-hydrogen) atoms. The number of hydrogen-bond donors (Lipinski definition) is 5. The maximum absolute atomic E-state index is 10.7. The van der Waals surface area contributed by atoms with Crippen molar-refractivity contribution in [3.63, 3.8) is 0 Å². The Morgan fingerprint density at radius 2 is 1.97 bits per heavy atom. The first kappa shape index (κ1) is 23.9. The molecule has 3 aromatic heterocycles. The van der Waals surface area contributed by atoms with Crippen LogP contribution in [0.25, 0.3) is 20.8 Å². The van der Waals surface area contributed by atoms with E-state index in [0.29, 0.717) is 43.9 Å². The molecule has 3 fully saturated rings. The van der Waals surface area contributed by atoms with Crippen molar-refractivity contribution in [1.29, 1.82) is 0 Å². The van der Waals surface area contributed by atoms with Gasteiger partial charge in [-0.05, 0) is 32.3 Å². The van der Waals surface area contributed by atoms with Crippen LogP contribution in [0, 0.1) is 18.3 Å². The fraction of sp³-hybridized carbons (Fsp3) is 0.600. The van der Waals surface area contributed by atoms with Crippen molar-refractivity contribution in [3.05, 3.63) is 23.7 Å². The van der Waals surface area contributed by atoms with Gasteiger partial charge in [-0.15, -0.1) is 11.3 Å². The highest BCUT2D eigenvalue weighted by atomic mass is 32.1. The minimum atomic E-state index is -1.02. The first-order chi connectivity index (χ1) is 17.3. The number of hydrogen-bond acceptors (Lipinski definition) is 11. The Hall–Kier alpha value is -2.44. The van der Waals surface area contributed by atoms with Gasteiger partial charge in [0.05, 0.1) is 47.0 Å². The summed E-state index contributed by atoms with van der Waals surface area (Å²) in [5, 5.41) is 38.2. The van der Waals surface area contributed by atoms with Crippen LogP contribution in [-0.2, 0) is 4.74 Å². The predicted octanol–water partition coefficient (Wildman–Crippen LogP) is 2.30. The zero-order chi connectivity index (χ0) is 25.0. The van der Waals surface area contributed by atoms with Crippen LogP contribution in [0.5, 0.6) is 0 Å². The van der Waals surface area contributed by atoms with Gasteiger partial charge >= 0.3 is 0 Å². The lowest BCUT2D eigenvalue weighted by Crippen LogP contribution is -2.45. The van der Waals surface area contributed by atoms with Crippen molar-refractivity contribution in [1.82, 2.24) is 19.9 Å². The summed E-state index contributed by atoms with van der Waals surface area (Å²) in [4.78, 5) is 19.2. The Bertz CT molecular complexity index is 1280. The first-order valence-electron chi connectivity index (χ1n) is 12.5. The van der Waals surface area contributed by atoms with Gasteiger partial charge in [-0.1, -0.05) is 6.92 Å². The summed E-state index contributed by atoms with van der Waals surface area (Å²) >= 11 is 1.58. The van der Waals surface area contributed by atoms with Gasteiger partial charge in [0, 0.05) is 36.6 Å². The lowest BCUT2D eigenvalue weighted by molar-refractivity contribution is -0.0925. The van der Waals surface area contributed by atoms with E-state index in [9.17, 15) is 15.3 Å². The maximum Gasteiger partial charge on any atom is 0.224 e. The van der Waals surface area contributed by atoms with E-state index in [2.05, 4.69) is 22.5 Å². The second-order valence-electron chi connectivity index (χ2n) is 10.8. The number of fused-ring (bicyclic) bond motifs is 1. The number of aliphatic hydroxyl groups excluding tert-OH is 3. The van der Waals surface area contributed by atoms with Gasteiger partial charge in [0.2, 0.25) is 5.95 Å². The van der Waals surface area contributed by atoms with Crippen LogP contribution >= 0.6 is 11.3 Å². The molecule has 4 atom stereocenters. The van der Waals surface area contributed by atoms with Crippen LogP contribution in [-0.4, -0.2) is 79.9 Å². The number of thiazole rings is 1. The van der Waals surface area contributed by atoms with E-state index in [1.165, 1.54) is 0 Å². The molecule has 4 heterocycles. The zero-order valence-corrected chi connectivity index (χ0v) is 21.3. The minimum absolute atomic E-state index is 0.0445. The molecular weight excluding hydrogens is 480 g/mol. The van der Waals surface area contributed by atoms with Crippen molar-refractivity contribution in [2.24, 2.45) is 11.3 Å². The molecule has 3 aromatic rings. The topological polar surface area (TPSA) is 146 Å². The Labute approximate surface area is 213 Å². The summed E-state index contributed by atoms with van der Waals surface area (Å²) in [7, 11) is 0. The lowest BCUT2D eigenvalue weighted by atomic mass is 9.89. The van der Waals surface area contributed by atoms with E-state index in [1.54, 1.807) is 11.3 Å².